The number of rotatable bonds is 10. The Kier molecular flexibility index (Phi) is 8.67. The number of amides is 3. The third kappa shape index (κ3) is 7.98. The minimum atomic E-state index is -0.764. The fraction of sp³-hybridized carbons (Fsp3) is 0.353. The molecule has 0 aliphatic carbocycles. The molecule has 1 aromatic rings. The van der Waals surface area contributed by atoms with Gasteiger partial charge in [0.15, 0.2) is 0 Å². The number of benzene rings is 1. The molecule has 7 nitrogen and oxygen atoms in total. The molecule has 0 spiro atoms. The zero-order valence-electron chi connectivity index (χ0n) is 13.5. The molecule has 1 aromatic carbocycles. The van der Waals surface area contributed by atoms with Crippen LogP contribution in [-0.4, -0.2) is 30.5 Å². The molecule has 3 amide bonds. The third-order valence-electron chi connectivity index (χ3n) is 3.19. The Hall–Kier alpha value is -2.83. The summed E-state index contributed by atoms with van der Waals surface area (Å²) in [5.41, 5.74) is 6.08. The predicted molar refractivity (Wildman–Crippen MR) is 89.8 cm³/mol. The van der Waals surface area contributed by atoms with Crippen molar-refractivity contribution < 1.29 is 19.1 Å². The Bertz CT molecular complexity index is 560. The quantitative estimate of drug-likeness (QED) is 0.442. The van der Waals surface area contributed by atoms with Crippen LogP contribution in [0.2, 0.25) is 0 Å². The molecule has 0 aliphatic rings. The molecule has 0 unspecified atom stereocenters. The van der Waals surface area contributed by atoms with E-state index < -0.39 is 23.9 Å². The second-order valence-corrected chi connectivity index (χ2v) is 5.16. The van der Waals surface area contributed by atoms with Gasteiger partial charge < -0.3 is 21.1 Å². The Morgan fingerprint density at radius 1 is 1.25 bits per heavy atom. The molecule has 4 N–H and O–H groups in total. The summed E-state index contributed by atoms with van der Waals surface area (Å²) in [6, 6.07) is 8.40. The first-order valence-electron chi connectivity index (χ1n) is 7.67. The number of carbonyl (C=O) groups excluding carboxylic acids is 3. The van der Waals surface area contributed by atoms with Crippen molar-refractivity contribution in [2.75, 3.05) is 6.54 Å². The van der Waals surface area contributed by atoms with Crippen LogP contribution in [0.1, 0.15) is 24.8 Å². The van der Waals surface area contributed by atoms with Crippen LogP contribution in [0.4, 0.5) is 4.79 Å². The van der Waals surface area contributed by atoms with Gasteiger partial charge in [0, 0.05) is 0 Å². The number of hydrogen-bond donors (Lipinski definition) is 3. The summed E-state index contributed by atoms with van der Waals surface area (Å²) in [5.74, 6) is -1.12. The Morgan fingerprint density at radius 2 is 1.96 bits per heavy atom. The van der Waals surface area contributed by atoms with Crippen molar-refractivity contribution >= 4 is 17.9 Å². The van der Waals surface area contributed by atoms with Crippen molar-refractivity contribution in [1.82, 2.24) is 10.6 Å². The van der Waals surface area contributed by atoms with Crippen molar-refractivity contribution in [1.29, 1.82) is 0 Å². The summed E-state index contributed by atoms with van der Waals surface area (Å²) in [6.07, 6.45) is 2.85. The molecule has 130 valence electrons. The fourth-order valence-electron chi connectivity index (χ4n) is 1.92. The van der Waals surface area contributed by atoms with Crippen molar-refractivity contribution in [2.45, 2.75) is 31.9 Å². The van der Waals surface area contributed by atoms with E-state index >= 15 is 0 Å². The molecule has 7 heteroatoms. The maximum absolute atomic E-state index is 11.8. The van der Waals surface area contributed by atoms with E-state index in [0.717, 1.165) is 12.0 Å². The molecule has 0 radical (unpaired) electrons. The second-order valence-electron chi connectivity index (χ2n) is 5.16. The zero-order chi connectivity index (χ0) is 17.8. The highest BCUT2D eigenvalue weighted by atomic mass is 16.5. The average molecular weight is 333 g/mol. The summed E-state index contributed by atoms with van der Waals surface area (Å²) in [5, 5.41) is 4.81. The highest BCUT2D eigenvalue weighted by Crippen LogP contribution is 2.02. The molecule has 0 heterocycles. The van der Waals surface area contributed by atoms with Crippen molar-refractivity contribution in [3.63, 3.8) is 0 Å². The van der Waals surface area contributed by atoms with E-state index in [2.05, 4.69) is 17.2 Å². The highest BCUT2D eigenvalue weighted by molar-refractivity contribution is 5.88. The molecule has 0 saturated carbocycles. The molecule has 0 saturated heterocycles. The number of ether oxygens (including phenoxy) is 1. The lowest BCUT2D eigenvalue weighted by atomic mass is 10.1. The van der Waals surface area contributed by atoms with Gasteiger partial charge in [-0.25, -0.2) is 4.79 Å². The average Bonchev–Trinajstić information content (AvgIpc) is 2.58. The van der Waals surface area contributed by atoms with Crippen LogP contribution < -0.4 is 16.4 Å². The smallest absolute Gasteiger partial charge is 0.407 e. The van der Waals surface area contributed by atoms with E-state index in [9.17, 15) is 14.4 Å². The Balaban J connectivity index is 2.29. The second kappa shape index (κ2) is 10.8. The molecule has 0 aromatic heterocycles. The molecule has 24 heavy (non-hydrogen) atoms. The van der Waals surface area contributed by atoms with Crippen LogP contribution in [0.25, 0.3) is 0 Å². The van der Waals surface area contributed by atoms with E-state index in [1.807, 2.05) is 30.3 Å². The van der Waals surface area contributed by atoms with Gasteiger partial charge in [0.2, 0.25) is 11.8 Å². The van der Waals surface area contributed by atoms with Crippen LogP contribution in [0.3, 0.4) is 0 Å². The maximum atomic E-state index is 11.8. The van der Waals surface area contributed by atoms with Gasteiger partial charge >= 0.3 is 6.09 Å². The third-order valence-corrected chi connectivity index (χ3v) is 3.19. The van der Waals surface area contributed by atoms with Gasteiger partial charge in [-0.1, -0.05) is 36.4 Å². The first-order chi connectivity index (χ1) is 11.5. The first-order valence-corrected chi connectivity index (χ1v) is 7.67. The largest absolute Gasteiger partial charge is 0.445 e. The predicted octanol–water partition coefficient (Wildman–Crippen LogP) is 1.24. The van der Waals surface area contributed by atoms with Crippen LogP contribution in [-0.2, 0) is 20.9 Å². The number of nitrogens with one attached hydrogen (secondary N) is 2. The van der Waals surface area contributed by atoms with Crippen LogP contribution in [0.15, 0.2) is 43.0 Å². The van der Waals surface area contributed by atoms with Gasteiger partial charge in [0.1, 0.15) is 19.2 Å². The normalized spacial score (nSPS) is 11.2. The van der Waals surface area contributed by atoms with Crippen LogP contribution in [0, 0.1) is 0 Å². The Labute approximate surface area is 141 Å². The molecule has 0 aliphatic heterocycles. The Morgan fingerprint density at radius 3 is 2.58 bits per heavy atom. The van der Waals surface area contributed by atoms with Gasteiger partial charge in [0.25, 0.3) is 0 Å². The standard InChI is InChI=1S/C17H23N3O4/c1-2-3-5-10-14(16(18)22)20-15(21)11-19-17(23)24-12-13-8-6-4-7-9-13/h2,4,6-9,14H,1,3,5,10-12H2,(H2,18,22)(H,19,23)(H,20,21)/t14-/m0/s1. The van der Waals surface area contributed by atoms with Gasteiger partial charge in [-0.15, -0.1) is 6.58 Å². The number of alkyl carbamates (subject to hydrolysis) is 1. The molecular formula is C17H23N3O4. The minimum absolute atomic E-state index is 0.111. The topological polar surface area (TPSA) is 111 Å². The highest BCUT2D eigenvalue weighted by Gasteiger charge is 2.17. The van der Waals surface area contributed by atoms with E-state index in [4.69, 9.17) is 10.5 Å². The zero-order valence-corrected chi connectivity index (χ0v) is 13.5. The summed E-state index contributed by atoms with van der Waals surface area (Å²) < 4.78 is 4.98. The SMILES string of the molecule is C=CCCC[C@H](NC(=O)CNC(=O)OCc1ccccc1)C(N)=O. The summed E-state index contributed by atoms with van der Waals surface area (Å²) >= 11 is 0. The molecular weight excluding hydrogens is 310 g/mol. The lowest BCUT2D eigenvalue weighted by Gasteiger charge is -2.15. The minimum Gasteiger partial charge on any atom is -0.445 e. The van der Waals surface area contributed by atoms with E-state index in [-0.39, 0.29) is 13.2 Å². The monoisotopic (exact) mass is 333 g/mol. The van der Waals surface area contributed by atoms with E-state index in [0.29, 0.717) is 12.8 Å². The fourth-order valence-corrected chi connectivity index (χ4v) is 1.92. The van der Waals surface area contributed by atoms with Crippen molar-refractivity contribution in [2.24, 2.45) is 5.73 Å². The summed E-state index contributed by atoms with van der Waals surface area (Å²) in [6.45, 7) is 3.40. The number of primary amides is 1. The van der Waals surface area contributed by atoms with Gasteiger partial charge in [0.05, 0.1) is 0 Å². The number of hydrogen-bond acceptors (Lipinski definition) is 4. The van der Waals surface area contributed by atoms with E-state index in [1.165, 1.54) is 0 Å². The molecule has 0 bridgehead atoms. The van der Waals surface area contributed by atoms with Crippen LogP contribution in [0.5, 0.6) is 0 Å². The number of carbonyl (C=O) groups is 3. The number of allylic oxidation sites excluding steroid dienone is 1. The number of unbranched alkanes of at least 4 members (excludes halogenated alkanes) is 1. The molecule has 1 rings (SSSR count). The summed E-state index contributed by atoms with van der Waals surface area (Å²) in [4.78, 5) is 34.6. The van der Waals surface area contributed by atoms with E-state index in [1.54, 1.807) is 6.08 Å². The lowest BCUT2D eigenvalue weighted by molar-refractivity contribution is -0.127. The summed E-state index contributed by atoms with van der Waals surface area (Å²) in [7, 11) is 0. The van der Waals surface area contributed by atoms with Crippen molar-refractivity contribution in [3.8, 4) is 0 Å². The van der Waals surface area contributed by atoms with Crippen molar-refractivity contribution in [3.05, 3.63) is 48.6 Å². The van der Waals surface area contributed by atoms with Gasteiger partial charge in [-0.05, 0) is 24.8 Å². The number of nitrogens with two attached hydrogens (primary N) is 1. The molecule has 1 atom stereocenters. The maximum Gasteiger partial charge on any atom is 0.407 e. The first kappa shape index (κ1) is 19.2. The lowest BCUT2D eigenvalue weighted by Crippen LogP contribution is -2.47. The molecule has 0 fully saturated rings. The van der Waals surface area contributed by atoms with Crippen LogP contribution >= 0.6 is 0 Å². The van der Waals surface area contributed by atoms with Gasteiger partial charge in [-0.2, -0.15) is 0 Å². The van der Waals surface area contributed by atoms with Gasteiger partial charge in [-0.3, -0.25) is 9.59 Å².